The smallest absolute Gasteiger partial charge is 0.282 e. The lowest BCUT2D eigenvalue weighted by molar-refractivity contribution is -0.136. The van der Waals surface area contributed by atoms with Gasteiger partial charge in [-0.1, -0.05) is 35.9 Å². The van der Waals surface area contributed by atoms with Gasteiger partial charge in [0.25, 0.3) is 17.4 Å². The fraction of sp³-hybridized carbons (Fsp3) is 0.415. The summed E-state index contributed by atoms with van der Waals surface area (Å²) in [5.41, 5.74) is 4.87. The zero-order valence-electron chi connectivity index (χ0n) is 29.8. The summed E-state index contributed by atoms with van der Waals surface area (Å²) < 4.78 is 2.13. The second-order valence-corrected chi connectivity index (χ2v) is 16.2. The quantitative estimate of drug-likeness (QED) is 0.251. The predicted molar refractivity (Wildman–Crippen MR) is 201 cm³/mol. The Morgan fingerprint density at radius 1 is 0.868 bits per heavy atom. The molecular weight excluding hydrogens is 692 g/mol. The summed E-state index contributed by atoms with van der Waals surface area (Å²) >= 11 is 6.50. The highest BCUT2D eigenvalue weighted by Crippen LogP contribution is 2.45. The van der Waals surface area contributed by atoms with Gasteiger partial charge >= 0.3 is 0 Å². The minimum Gasteiger partial charge on any atom is -0.382 e. The summed E-state index contributed by atoms with van der Waals surface area (Å²) in [5, 5.41) is 6.71. The molecule has 0 spiro atoms. The molecule has 4 amide bonds. The highest BCUT2D eigenvalue weighted by molar-refractivity contribution is 6.35. The molecule has 1 atom stereocenters. The molecule has 272 valence electrons. The van der Waals surface area contributed by atoms with Gasteiger partial charge in [-0.25, -0.2) is 0 Å². The molecule has 11 nitrogen and oxygen atoms in total. The number of likely N-dealkylation sites (tertiary alicyclic amines) is 1. The number of aromatic nitrogens is 2. The molecule has 4 aromatic rings. The number of carbonyl (C=O) groups is 4. The van der Waals surface area contributed by atoms with E-state index in [9.17, 15) is 24.0 Å². The molecular formula is C41H41ClN6O5. The van der Waals surface area contributed by atoms with Crippen molar-refractivity contribution in [2.24, 2.45) is 0 Å². The molecule has 3 fully saturated rings. The minimum absolute atomic E-state index is 0.0904. The molecule has 3 aromatic carbocycles. The number of carbonyl (C=O) groups excluding carboxylic acids is 4. The number of fused-ring (bicyclic) bond motifs is 6. The molecule has 4 aliphatic heterocycles. The number of amides is 4. The monoisotopic (exact) mass is 732 g/mol. The van der Waals surface area contributed by atoms with Crippen molar-refractivity contribution in [1.29, 1.82) is 0 Å². The number of hydrogen-bond donors (Lipinski definition) is 2. The predicted octanol–water partition coefficient (Wildman–Crippen LogP) is 5.68. The van der Waals surface area contributed by atoms with Crippen molar-refractivity contribution in [3.8, 4) is 5.69 Å². The first kappa shape index (κ1) is 33.9. The van der Waals surface area contributed by atoms with Gasteiger partial charge in [0.1, 0.15) is 11.9 Å². The molecule has 0 radical (unpaired) electrons. The van der Waals surface area contributed by atoms with Gasteiger partial charge in [-0.2, -0.15) is 4.98 Å². The number of imide groups is 2. The average Bonchev–Trinajstić information content (AvgIpc) is 3.54. The summed E-state index contributed by atoms with van der Waals surface area (Å²) in [4.78, 5) is 72.3. The number of piperidine rings is 2. The number of halogens is 1. The Labute approximate surface area is 311 Å². The SMILES string of the molecule is CC1(C)c2ccc(C3CCN(C4CCC(Nc5cccc6c5C(=O)N(C5CCC(=O)NC5=O)C6=O)CC4)CC3)cc2-n2c1nc(=O)c1c(Cl)cccc12. The standard InChI is InChI=1S/C41H41ClN6O5/c1-41(2)27-14-9-23(21-32(27)47-30-8-4-6-28(42)35(30)37(51)45-40(41)47)22-17-19-46(20-18-22)25-12-10-24(11-13-25)43-29-7-3-5-26-34(29)39(53)48(38(26)52)31-15-16-33(49)44-36(31)50/h3-9,14,21-22,24-25,31,43H,10-13,15-20H2,1-2H3,(H,44,49,50). The van der Waals surface area contributed by atoms with E-state index in [4.69, 9.17) is 11.6 Å². The third-order valence-corrected chi connectivity index (χ3v) is 12.7. The lowest BCUT2D eigenvalue weighted by atomic mass is 9.82. The van der Waals surface area contributed by atoms with Crippen LogP contribution < -0.4 is 16.2 Å². The van der Waals surface area contributed by atoms with Gasteiger partial charge < -0.3 is 10.2 Å². The number of hydrogen-bond acceptors (Lipinski definition) is 8. The fourth-order valence-corrected chi connectivity index (χ4v) is 9.82. The van der Waals surface area contributed by atoms with Crippen molar-refractivity contribution in [3.63, 3.8) is 0 Å². The molecule has 1 unspecified atom stereocenters. The van der Waals surface area contributed by atoms with Gasteiger partial charge in [-0.15, -0.1) is 0 Å². The topological polar surface area (TPSA) is 134 Å². The largest absolute Gasteiger partial charge is 0.382 e. The Morgan fingerprint density at radius 2 is 1.62 bits per heavy atom. The van der Waals surface area contributed by atoms with E-state index in [1.165, 1.54) is 5.56 Å². The number of anilines is 1. The van der Waals surface area contributed by atoms with Crippen LogP contribution in [-0.2, 0) is 15.0 Å². The summed E-state index contributed by atoms with van der Waals surface area (Å²) in [5.74, 6) is -0.792. The number of benzene rings is 3. The molecule has 12 heteroatoms. The number of nitrogens with one attached hydrogen (secondary N) is 2. The molecule has 5 heterocycles. The van der Waals surface area contributed by atoms with E-state index in [-0.39, 0.29) is 30.3 Å². The van der Waals surface area contributed by atoms with Crippen LogP contribution in [-0.4, -0.2) is 74.2 Å². The van der Waals surface area contributed by atoms with Crippen LogP contribution >= 0.6 is 11.6 Å². The van der Waals surface area contributed by atoms with Gasteiger partial charge in [0.2, 0.25) is 11.8 Å². The van der Waals surface area contributed by atoms with Crippen LogP contribution in [0.4, 0.5) is 5.69 Å². The Bertz CT molecular complexity index is 2300. The normalized spacial score (nSPS) is 24.3. The molecule has 2 N–H and O–H groups in total. The lowest BCUT2D eigenvalue weighted by Gasteiger charge is -2.41. The first-order valence-electron chi connectivity index (χ1n) is 18.7. The zero-order chi connectivity index (χ0) is 36.8. The first-order valence-corrected chi connectivity index (χ1v) is 19.1. The Hall–Kier alpha value is -4.87. The van der Waals surface area contributed by atoms with Crippen molar-refractivity contribution in [2.75, 3.05) is 18.4 Å². The highest BCUT2D eigenvalue weighted by atomic mass is 35.5. The second-order valence-electron chi connectivity index (χ2n) is 15.7. The Balaban J connectivity index is 0.849. The molecule has 1 aromatic heterocycles. The highest BCUT2D eigenvalue weighted by Gasteiger charge is 2.46. The molecule has 1 saturated carbocycles. The third kappa shape index (κ3) is 5.42. The van der Waals surface area contributed by atoms with E-state index in [1.54, 1.807) is 18.2 Å². The molecule has 53 heavy (non-hydrogen) atoms. The molecule has 2 saturated heterocycles. The van der Waals surface area contributed by atoms with Crippen LogP contribution in [0.15, 0.2) is 59.4 Å². The molecule has 5 aliphatic rings. The van der Waals surface area contributed by atoms with Crippen LogP contribution in [0.2, 0.25) is 5.02 Å². The van der Waals surface area contributed by atoms with Crippen molar-refractivity contribution in [1.82, 2.24) is 24.7 Å². The van der Waals surface area contributed by atoms with E-state index in [0.29, 0.717) is 39.2 Å². The zero-order valence-corrected chi connectivity index (χ0v) is 30.5. The summed E-state index contributed by atoms with van der Waals surface area (Å²) in [6, 6.07) is 17.3. The Kier molecular flexibility index (Phi) is 8.08. The van der Waals surface area contributed by atoms with Gasteiger partial charge in [0.15, 0.2) is 0 Å². The maximum Gasteiger partial charge on any atom is 0.282 e. The van der Waals surface area contributed by atoms with E-state index in [2.05, 4.69) is 57.1 Å². The molecule has 0 bridgehead atoms. The van der Waals surface area contributed by atoms with Crippen LogP contribution in [0.3, 0.4) is 0 Å². The van der Waals surface area contributed by atoms with E-state index in [1.807, 2.05) is 18.2 Å². The average molecular weight is 733 g/mol. The van der Waals surface area contributed by atoms with E-state index >= 15 is 0 Å². The summed E-state index contributed by atoms with van der Waals surface area (Å²) in [6.45, 7) is 6.30. The molecule has 9 rings (SSSR count). The van der Waals surface area contributed by atoms with Gasteiger partial charge in [-0.3, -0.25) is 38.8 Å². The van der Waals surface area contributed by atoms with Crippen LogP contribution in [0.25, 0.3) is 16.6 Å². The number of nitrogens with zero attached hydrogens (tertiary/aromatic N) is 4. The summed E-state index contributed by atoms with van der Waals surface area (Å²) in [6.07, 6.45) is 6.33. The maximum atomic E-state index is 13.6. The van der Waals surface area contributed by atoms with E-state index in [0.717, 1.165) is 79.1 Å². The maximum absolute atomic E-state index is 13.6. The van der Waals surface area contributed by atoms with Gasteiger partial charge in [0, 0.05) is 24.2 Å². The van der Waals surface area contributed by atoms with Crippen molar-refractivity contribution in [3.05, 3.63) is 98.1 Å². The van der Waals surface area contributed by atoms with E-state index < -0.39 is 29.2 Å². The minimum atomic E-state index is -0.983. The van der Waals surface area contributed by atoms with Gasteiger partial charge in [-0.05, 0) is 119 Å². The second kappa shape index (κ2) is 12.6. The summed E-state index contributed by atoms with van der Waals surface area (Å²) in [7, 11) is 0. The third-order valence-electron chi connectivity index (χ3n) is 12.4. The van der Waals surface area contributed by atoms with Crippen LogP contribution in [0.1, 0.15) is 109 Å². The molecule has 1 aliphatic carbocycles. The van der Waals surface area contributed by atoms with Crippen LogP contribution in [0, 0.1) is 0 Å². The fourth-order valence-electron chi connectivity index (χ4n) is 9.57. The Morgan fingerprint density at radius 3 is 2.38 bits per heavy atom. The van der Waals surface area contributed by atoms with Gasteiger partial charge in [0.05, 0.1) is 38.2 Å². The van der Waals surface area contributed by atoms with Crippen LogP contribution in [0.5, 0.6) is 0 Å². The van der Waals surface area contributed by atoms with Crippen molar-refractivity contribution >= 4 is 51.8 Å². The van der Waals surface area contributed by atoms with Crippen molar-refractivity contribution < 1.29 is 19.2 Å². The number of rotatable bonds is 5. The first-order chi connectivity index (χ1) is 25.5. The lowest BCUT2D eigenvalue weighted by Crippen LogP contribution is -2.54. The van der Waals surface area contributed by atoms with Crippen molar-refractivity contribution in [2.45, 2.75) is 94.7 Å².